The second-order valence-electron chi connectivity index (χ2n) is 8.03. The Morgan fingerprint density at radius 1 is 1.32 bits per heavy atom. The van der Waals surface area contributed by atoms with E-state index >= 15 is 0 Å². The molecule has 1 saturated carbocycles. The number of alkyl halides is 3. The molecule has 1 atom stereocenters. The molecule has 6 nitrogen and oxygen atoms in total. The van der Waals surface area contributed by atoms with E-state index in [4.69, 9.17) is 5.73 Å². The van der Waals surface area contributed by atoms with E-state index in [2.05, 4.69) is 10.3 Å². The number of halogens is 3. The van der Waals surface area contributed by atoms with Crippen molar-refractivity contribution in [1.82, 2.24) is 15.0 Å². The monoisotopic (exact) mass is 452 g/mol. The van der Waals surface area contributed by atoms with Gasteiger partial charge in [0.25, 0.3) is 5.91 Å². The quantitative estimate of drug-likeness (QED) is 0.578. The lowest BCUT2D eigenvalue weighted by atomic mass is 9.94. The molecule has 31 heavy (non-hydrogen) atoms. The van der Waals surface area contributed by atoms with E-state index in [1.54, 1.807) is 0 Å². The second kappa shape index (κ2) is 7.90. The van der Waals surface area contributed by atoms with Gasteiger partial charge in [0.15, 0.2) is 0 Å². The van der Waals surface area contributed by atoms with Crippen molar-refractivity contribution >= 4 is 27.3 Å². The number of carbonyl (C=O) groups excluding carboxylic acids is 1. The molecule has 0 bridgehead atoms. The van der Waals surface area contributed by atoms with E-state index in [1.807, 2.05) is 18.2 Å². The van der Waals surface area contributed by atoms with Gasteiger partial charge in [-0.3, -0.25) is 4.79 Å². The number of hydrogen-bond acceptors (Lipinski definition) is 5. The Morgan fingerprint density at radius 2 is 2.03 bits per heavy atom. The topological polar surface area (TPSA) is 94.0 Å². The second-order valence-corrected chi connectivity index (χ2v) is 9.09. The molecule has 1 aliphatic carbocycles. The van der Waals surface area contributed by atoms with Crippen LogP contribution in [0.15, 0.2) is 24.4 Å². The Bertz CT molecular complexity index is 1120. The van der Waals surface area contributed by atoms with Gasteiger partial charge in [-0.05, 0) is 47.8 Å². The molecule has 10 heteroatoms. The first-order chi connectivity index (χ1) is 14.6. The third-order valence-corrected chi connectivity index (χ3v) is 7.25. The summed E-state index contributed by atoms with van der Waals surface area (Å²) < 4.78 is 42.0. The van der Waals surface area contributed by atoms with Crippen molar-refractivity contribution < 1.29 is 23.1 Å². The lowest BCUT2D eigenvalue weighted by molar-refractivity contribution is -0.269. The van der Waals surface area contributed by atoms with Crippen LogP contribution in [0.1, 0.15) is 71.4 Å². The normalized spacial score (nSPS) is 17.3. The molecule has 3 N–H and O–H groups in total. The van der Waals surface area contributed by atoms with Crippen LogP contribution in [0.4, 0.5) is 13.2 Å². The van der Waals surface area contributed by atoms with Gasteiger partial charge in [0.05, 0.1) is 17.6 Å². The molecule has 1 unspecified atom stereocenters. The lowest BCUT2D eigenvalue weighted by Crippen LogP contribution is -2.42. The molecule has 0 radical (unpaired) electrons. The number of aliphatic hydroxyl groups is 1. The zero-order valence-corrected chi connectivity index (χ0v) is 17.8. The van der Waals surface area contributed by atoms with E-state index in [1.165, 1.54) is 22.9 Å². The van der Waals surface area contributed by atoms with E-state index in [0.717, 1.165) is 53.1 Å². The minimum atomic E-state index is -4.85. The molecular weight excluding hydrogens is 429 g/mol. The summed E-state index contributed by atoms with van der Waals surface area (Å²) in [5.74, 6) is -0.106. The average molecular weight is 453 g/mol. The molecule has 2 heterocycles. The highest BCUT2D eigenvalue weighted by atomic mass is 32.1. The number of hydrogen-bond donors (Lipinski definition) is 2. The molecule has 2 aromatic heterocycles. The third kappa shape index (κ3) is 3.82. The number of primary amides is 1. The summed E-state index contributed by atoms with van der Waals surface area (Å²) in [7, 11) is 0. The number of nitrogens with two attached hydrogens (primary N) is 1. The standard InChI is InChI=1S/C21H23F3N4O2S/c1-2-20(30,21(22,23)24)16-11-28(27-26-16)10-12-7-8-14-15(9-12)31-18(19(25)29)17(14)13-5-3-4-6-13/h7-9,11,13,30H,2-6,10H2,1H3,(H2,25,29). The summed E-state index contributed by atoms with van der Waals surface area (Å²) in [4.78, 5) is 12.6. The Morgan fingerprint density at radius 3 is 2.65 bits per heavy atom. The van der Waals surface area contributed by atoms with Gasteiger partial charge in [-0.25, -0.2) is 4.68 Å². The largest absolute Gasteiger partial charge is 0.423 e. The van der Waals surface area contributed by atoms with Gasteiger partial charge < -0.3 is 10.8 Å². The van der Waals surface area contributed by atoms with Crippen molar-refractivity contribution in [3.05, 3.63) is 46.1 Å². The summed E-state index contributed by atoms with van der Waals surface area (Å²) in [6.45, 7) is 1.43. The van der Waals surface area contributed by atoms with Crippen LogP contribution >= 0.6 is 11.3 Å². The molecule has 0 aliphatic heterocycles. The fourth-order valence-electron chi connectivity index (χ4n) is 4.34. The van der Waals surface area contributed by atoms with E-state index in [9.17, 15) is 23.1 Å². The van der Waals surface area contributed by atoms with Gasteiger partial charge in [0, 0.05) is 4.70 Å². The predicted molar refractivity (Wildman–Crippen MR) is 111 cm³/mol. The zero-order chi connectivity index (χ0) is 22.4. The zero-order valence-electron chi connectivity index (χ0n) is 16.9. The van der Waals surface area contributed by atoms with Gasteiger partial charge in [0.1, 0.15) is 5.69 Å². The minimum Gasteiger partial charge on any atom is -0.375 e. The van der Waals surface area contributed by atoms with Crippen molar-refractivity contribution in [3.63, 3.8) is 0 Å². The molecule has 3 aromatic rings. The van der Waals surface area contributed by atoms with Crippen LogP contribution in [-0.4, -0.2) is 32.2 Å². The molecule has 0 saturated heterocycles. The first kappa shape index (κ1) is 21.8. The maximum atomic E-state index is 13.3. The van der Waals surface area contributed by atoms with Gasteiger partial charge in [-0.15, -0.1) is 16.4 Å². The van der Waals surface area contributed by atoms with Crippen LogP contribution in [0.25, 0.3) is 10.1 Å². The first-order valence-corrected chi connectivity index (χ1v) is 11.0. The summed E-state index contributed by atoms with van der Waals surface area (Å²) in [5, 5.41) is 18.4. The molecule has 4 rings (SSSR count). The van der Waals surface area contributed by atoms with Gasteiger partial charge in [-0.1, -0.05) is 37.1 Å². The van der Waals surface area contributed by atoms with Crippen LogP contribution in [-0.2, 0) is 12.1 Å². The Balaban J connectivity index is 1.65. The highest BCUT2D eigenvalue weighted by Crippen LogP contribution is 2.44. The van der Waals surface area contributed by atoms with Gasteiger partial charge >= 0.3 is 6.18 Å². The molecular formula is C21H23F3N4O2S. The number of amides is 1. The van der Waals surface area contributed by atoms with Crippen molar-refractivity contribution in [1.29, 1.82) is 0 Å². The number of rotatable bonds is 6. The number of benzene rings is 1. The highest BCUT2D eigenvalue weighted by molar-refractivity contribution is 7.21. The van der Waals surface area contributed by atoms with Crippen molar-refractivity contribution in [2.75, 3.05) is 0 Å². The summed E-state index contributed by atoms with van der Waals surface area (Å²) in [6, 6.07) is 5.72. The Labute approximate surface area is 180 Å². The van der Waals surface area contributed by atoms with E-state index in [0.29, 0.717) is 10.8 Å². The van der Waals surface area contributed by atoms with E-state index in [-0.39, 0.29) is 6.54 Å². The lowest BCUT2D eigenvalue weighted by Gasteiger charge is -2.26. The van der Waals surface area contributed by atoms with Crippen LogP contribution in [0.2, 0.25) is 0 Å². The number of thiophene rings is 1. The Hall–Kier alpha value is -2.46. The maximum absolute atomic E-state index is 13.3. The van der Waals surface area contributed by atoms with Crippen LogP contribution in [0.3, 0.4) is 0 Å². The molecule has 1 aromatic carbocycles. The van der Waals surface area contributed by atoms with Crippen LogP contribution in [0, 0.1) is 0 Å². The summed E-state index contributed by atoms with van der Waals surface area (Å²) in [5.41, 5.74) is 3.90. The molecule has 1 amide bonds. The van der Waals surface area contributed by atoms with Crippen molar-refractivity contribution in [2.45, 2.75) is 63.3 Å². The summed E-state index contributed by atoms with van der Waals surface area (Å²) >= 11 is 1.35. The predicted octanol–water partition coefficient (Wildman–Crippen LogP) is 4.46. The number of carbonyl (C=O) groups is 1. The van der Waals surface area contributed by atoms with E-state index < -0.39 is 29.8 Å². The third-order valence-electron chi connectivity index (χ3n) is 6.07. The maximum Gasteiger partial charge on any atom is 0.423 e. The summed E-state index contributed by atoms with van der Waals surface area (Å²) in [6.07, 6.45) is 0.0546. The highest BCUT2D eigenvalue weighted by Gasteiger charge is 2.55. The SMILES string of the molecule is CCC(O)(c1cn(Cc2ccc3c(C4CCCC4)c(C(N)=O)sc3c2)nn1)C(F)(F)F. The smallest absolute Gasteiger partial charge is 0.375 e. The first-order valence-electron chi connectivity index (χ1n) is 10.2. The average Bonchev–Trinajstić information content (AvgIpc) is 3.45. The van der Waals surface area contributed by atoms with Crippen LogP contribution < -0.4 is 5.73 Å². The van der Waals surface area contributed by atoms with Crippen molar-refractivity contribution in [3.8, 4) is 0 Å². The van der Waals surface area contributed by atoms with Crippen LogP contribution in [0.5, 0.6) is 0 Å². The number of fused-ring (bicyclic) bond motifs is 1. The number of nitrogens with zero attached hydrogens (tertiary/aromatic N) is 3. The molecule has 1 aliphatic rings. The van der Waals surface area contributed by atoms with Crippen molar-refractivity contribution in [2.24, 2.45) is 5.73 Å². The molecule has 0 spiro atoms. The fraction of sp³-hybridized carbons (Fsp3) is 0.476. The van der Waals surface area contributed by atoms with Gasteiger partial charge in [0.2, 0.25) is 5.60 Å². The molecule has 166 valence electrons. The minimum absolute atomic E-state index is 0.184. The fourth-order valence-corrected chi connectivity index (χ4v) is 5.55. The number of aromatic nitrogens is 3. The Kier molecular flexibility index (Phi) is 5.55. The van der Waals surface area contributed by atoms with Gasteiger partial charge in [-0.2, -0.15) is 13.2 Å². The molecule has 1 fully saturated rings.